The zero-order valence-electron chi connectivity index (χ0n) is 18.8. The Morgan fingerprint density at radius 2 is 2.06 bits per heavy atom. The number of amides is 1. The summed E-state index contributed by atoms with van der Waals surface area (Å²) in [5, 5.41) is 13.3. The maximum absolute atomic E-state index is 14.3. The first-order valence-corrected chi connectivity index (χ1v) is 11.0. The van der Waals surface area contributed by atoms with Crippen LogP contribution in [0.15, 0.2) is 24.3 Å². The number of hydrogen-bond acceptors (Lipinski definition) is 5. The lowest BCUT2D eigenvalue weighted by molar-refractivity contribution is -0.120. The van der Waals surface area contributed by atoms with Gasteiger partial charge in [-0.1, -0.05) is 19.9 Å². The molecule has 32 heavy (non-hydrogen) atoms. The Morgan fingerprint density at radius 1 is 1.28 bits per heavy atom. The highest BCUT2D eigenvalue weighted by molar-refractivity contribution is 5.97. The molecule has 1 aromatic carbocycles. The molecule has 172 valence electrons. The fourth-order valence-corrected chi connectivity index (χ4v) is 4.66. The van der Waals surface area contributed by atoms with Gasteiger partial charge in [-0.2, -0.15) is 0 Å². The van der Waals surface area contributed by atoms with Gasteiger partial charge in [-0.25, -0.2) is 8.78 Å². The van der Waals surface area contributed by atoms with Crippen LogP contribution in [0.25, 0.3) is 0 Å². The van der Waals surface area contributed by atoms with Crippen molar-refractivity contribution in [2.45, 2.75) is 45.3 Å². The highest BCUT2D eigenvalue weighted by atomic mass is 19.1. The summed E-state index contributed by atoms with van der Waals surface area (Å²) in [6.45, 7) is 9.16. The molecule has 2 aromatic rings. The molecule has 1 aromatic heterocycles. The third kappa shape index (κ3) is 4.53. The van der Waals surface area contributed by atoms with Gasteiger partial charge in [0.2, 0.25) is 5.91 Å². The van der Waals surface area contributed by atoms with Crippen molar-refractivity contribution in [1.82, 2.24) is 15.2 Å². The topological polar surface area (TPSA) is 68.7 Å². The summed E-state index contributed by atoms with van der Waals surface area (Å²) < 4.78 is 27.6. The SMILES string of the molecule is C[C@@H]1CN(CC(=O)N2CC(C)(C)c3nc(CO)c(Cc4ccc(F)cc4F)cc32)CCN1. The minimum absolute atomic E-state index is 0.00314. The number of carbonyl (C=O) groups excluding carboxylic acids is 1. The van der Waals surface area contributed by atoms with E-state index < -0.39 is 11.6 Å². The van der Waals surface area contributed by atoms with Gasteiger partial charge in [-0.05, 0) is 30.2 Å². The van der Waals surface area contributed by atoms with Crippen LogP contribution >= 0.6 is 0 Å². The molecular formula is C24H30F2N4O2. The molecule has 2 aliphatic heterocycles. The van der Waals surface area contributed by atoms with Gasteiger partial charge >= 0.3 is 0 Å². The number of rotatable bonds is 5. The van der Waals surface area contributed by atoms with E-state index in [1.165, 1.54) is 12.1 Å². The normalized spacial score (nSPS) is 20.4. The van der Waals surface area contributed by atoms with E-state index in [-0.39, 0.29) is 24.3 Å². The summed E-state index contributed by atoms with van der Waals surface area (Å²) in [6.07, 6.45) is 0.153. The zero-order valence-corrected chi connectivity index (χ0v) is 18.8. The second-order valence-corrected chi connectivity index (χ2v) is 9.49. The van der Waals surface area contributed by atoms with Crippen molar-refractivity contribution in [2.24, 2.45) is 0 Å². The van der Waals surface area contributed by atoms with Crippen LogP contribution in [-0.4, -0.2) is 59.7 Å². The number of aliphatic hydroxyl groups is 1. The van der Waals surface area contributed by atoms with E-state index in [4.69, 9.17) is 4.98 Å². The van der Waals surface area contributed by atoms with Crippen molar-refractivity contribution in [1.29, 1.82) is 0 Å². The van der Waals surface area contributed by atoms with Crippen LogP contribution in [0.4, 0.5) is 14.5 Å². The van der Waals surface area contributed by atoms with Crippen molar-refractivity contribution >= 4 is 11.6 Å². The minimum atomic E-state index is -0.643. The van der Waals surface area contributed by atoms with Crippen LogP contribution in [0.1, 0.15) is 43.3 Å². The number of anilines is 1. The Bertz CT molecular complexity index is 1030. The average Bonchev–Trinajstić information content (AvgIpc) is 2.99. The number of benzene rings is 1. The quantitative estimate of drug-likeness (QED) is 0.741. The lowest BCUT2D eigenvalue weighted by atomic mass is 9.90. The molecule has 1 saturated heterocycles. The molecule has 8 heteroatoms. The van der Waals surface area contributed by atoms with Gasteiger partial charge in [0.1, 0.15) is 11.6 Å². The summed E-state index contributed by atoms with van der Waals surface area (Å²) in [5.74, 6) is -1.28. The molecule has 6 nitrogen and oxygen atoms in total. The van der Waals surface area contributed by atoms with Gasteiger partial charge in [-0.3, -0.25) is 14.7 Å². The third-order valence-corrected chi connectivity index (χ3v) is 6.31. The van der Waals surface area contributed by atoms with Crippen molar-refractivity contribution in [3.05, 3.63) is 58.4 Å². The molecule has 0 saturated carbocycles. The van der Waals surface area contributed by atoms with Crippen molar-refractivity contribution in [2.75, 3.05) is 37.6 Å². The maximum Gasteiger partial charge on any atom is 0.241 e. The molecular weight excluding hydrogens is 414 g/mol. The monoisotopic (exact) mass is 444 g/mol. The molecule has 1 atom stereocenters. The van der Waals surface area contributed by atoms with Crippen LogP contribution in [0.3, 0.4) is 0 Å². The van der Waals surface area contributed by atoms with Crippen LogP contribution in [-0.2, 0) is 23.2 Å². The number of nitrogens with one attached hydrogen (secondary N) is 1. The van der Waals surface area contributed by atoms with E-state index in [1.807, 2.05) is 19.9 Å². The van der Waals surface area contributed by atoms with Gasteiger partial charge < -0.3 is 15.3 Å². The van der Waals surface area contributed by atoms with Crippen molar-refractivity contribution < 1.29 is 18.7 Å². The second kappa shape index (κ2) is 8.84. The molecule has 4 rings (SSSR count). The molecule has 1 fully saturated rings. The first kappa shape index (κ1) is 22.8. The van der Waals surface area contributed by atoms with E-state index in [0.29, 0.717) is 41.6 Å². The summed E-state index contributed by atoms with van der Waals surface area (Å²) >= 11 is 0. The fraction of sp³-hybridized carbons (Fsp3) is 0.500. The summed E-state index contributed by atoms with van der Waals surface area (Å²) in [7, 11) is 0. The first-order valence-electron chi connectivity index (χ1n) is 11.0. The maximum atomic E-state index is 14.3. The van der Waals surface area contributed by atoms with Crippen LogP contribution in [0.5, 0.6) is 0 Å². The number of carbonyl (C=O) groups is 1. The van der Waals surface area contributed by atoms with Gasteiger partial charge in [0.05, 0.1) is 30.2 Å². The number of aliphatic hydroxyl groups excluding tert-OH is 1. The number of nitrogens with zero attached hydrogens (tertiary/aromatic N) is 3. The number of fused-ring (bicyclic) bond motifs is 1. The predicted octanol–water partition coefficient (Wildman–Crippen LogP) is 2.36. The van der Waals surface area contributed by atoms with E-state index in [9.17, 15) is 18.7 Å². The van der Waals surface area contributed by atoms with Gasteiger partial charge in [0.15, 0.2) is 0 Å². The van der Waals surface area contributed by atoms with Crippen LogP contribution in [0.2, 0.25) is 0 Å². The van der Waals surface area contributed by atoms with Crippen molar-refractivity contribution in [3.8, 4) is 0 Å². The van der Waals surface area contributed by atoms with E-state index >= 15 is 0 Å². The Hall–Kier alpha value is -2.42. The molecule has 0 aliphatic carbocycles. The average molecular weight is 445 g/mol. The smallest absolute Gasteiger partial charge is 0.241 e. The largest absolute Gasteiger partial charge is 0.390 e. The third-order valence-electron chi connectivity index (χ3n) is 6.31. The minimum Gasteiger partial charge on any atom is -0.390 e. The standard InChI is InChI=1S/C24H30F2N4O2/c1-15-11-29(7-6-27-15)12-22(32)30-14-24(2,3)23-21(30)9-17(20(13-31)28-23)8-16-4-5-18(25)10-19(16)26/h4-5,9-10,15,27,31H,6-8,11-14H2,1-3H3/t15-/m1/s1. The molecule has 1 amide bonds. The Kier molecular flexibility index (Phi) is 6.29. The highest BCUT2D eigenvalue weighted by Gasteiger charge is 2.40. The number of hydrogen-bond donors (Lipinski definition) is 2. The number of pyridine rings is 1. The van der Waals surface area contributed by atoms with Gasteiger partial charge in [0, 0.05) is 50.1 Å². The van der Waals surface area contributed by atoms with Gasteiger partial charge in [0.25, 0.3) is 0 Å². The summed E-state index contributed by atoms with van der Waals surface area (Å²) in [6, 6.07) is 5.64. The lowest BCUT2D eigenvalue weighted by Gasteiger charge is -2.32. The first-order chi connectivity index (χ1) is 15.2. The van der Waals surface area contributed by atoms with E-state index in [0.717, 1.165) is 31.4 Å². The molecule has 0 radical (unpaired) electrons. The molecule has 0 spiro atoms. The second-order valence-electron chi connectivity index (χ2n) is 9.49. The molecule has 0 unspecified atom stereocenters. The summed E-state index contributed by atoms with van der Waals surface area (Å²) in [4.78, 5) is 21.9. The Labute approximate surface area is 187 Å². The van der Waals surface area contributed by atoms with E-state index in [2.05, 4.69) is 17.1 Å². The van der Waals surface area contributed by atoms with E-state index in [1.54, 1.807) is 4.90 Å². The highest BCUT2D eigenvalue weighted by Crippen LogP contribution is 2.40. The molecule has 0 bridgehead atoms. The molecule has 2 aliphatic rings. The Morgan fingerprint density at radius 3 is 2.75 bits per heavy atom. The number of halogens is 2. The van der Waals surface area contributed by atoms with Gasteiger partial charge in [-0.15, -0.1) is 0 Å². The fourth-order valence-electron chi connectivity index (χ4n) is 4.66. The zero-order chi connectivity index (χ0) is 23.0. The summed E-state index contributed by atoms with van der Waals surface area (Å²) in [5.41, 5.74) is 2.48. The lowest BCUT2D eigenvalue weighted by Crippen LogP contribution is -2.52. The number of aromatic nitrogens is 1. The molecule has 2 N–H and O–H groups in total. The number of piperazine rings is 1. The van der Waals surface area contributed by atoms with Crippen molar-refractivity contribution in [3.63, 3.8) is 0 Å². The Balaban J connectivity index is 1.65. The predicted molar refractivity (Wildman–Crippen MR) is 119 cm³/mol. The van der Waals surface area contributed by atoms with Crippen LogP contribution in [0, 0.1) is 11.6 Å². The molecule has 3 heterocycles. The van der Waals surface area contributed by atoms with Crippen LogP contribution < -0.4 is 10.2 Å².